The molecular weight excluding hydrogens is 477 g/mol. The normalized spacial score (nSPS) is 15.6. The molecule has 0 aliphatic carbocycles. The number of fused-ring (bicyclic) bond motifs is 3. The second-order valence-corrected chi connectivity index (χ2v) is 10.2. The van der Waals surface area contributed by atoms with Crippen LogP contribution < -0.4 is 0 Å². The molecule has 5 nitrogen and oxygen atoms in total. The van der Waals surface area contributed by atoms with Crippen LogP contribution in [0, 0.1) is 5.82 Å². The molecule has 1 unspecified atom stereocenters. The number of carbonyl (C=O) groups is 1. The topological polar surface area (TPSA) is 58.4 Å². The van der Waals surface area contributed by atoms with E-state index in [0.29, 0.717) is 23.6 Å². The van der Waals surface area contributed by atoms with Gasteiger partial charge in [-0.05, 0) is 85.6 Å². The van der Waals surface area contributed by atoms with E-state index < -0.39 is 5.60 Å². The lowest BCUT2D eigenvalue weighted by Gasteiger charge is -2.30. The third kappa shape index (κ3) is 5.07. The number of hydrogen-bond donors (Lipinski definition) is 1. The Morgan fingerprint density at radius 1 is 1.14 bits per heavy atom. The molecule has 0 spiro atoms. The fraction of sp³-hybridized carbons (Fsp3) is 0.310. The van der Waals surface area contributed by atoms with E-state index in [-0.39, 0.29) is 11.6 Å². The molecule has 1 aliphatic heterocycles. The molecule has 4 aromatic rings. The molecule has 36 heavy (non-hydrogen) atoms. The second-order valence-electron chi connectivity index (χ2n) is 9.74. The van der Waals surface area contributed by atoms with Crippen LogP contribution in [0.5, 0.6) is 0 Å². The summed E-state index contributed by atoms with van der Waals surface area (Å²) in [6.07, 6.45) is 5.41. The summed E-state index contributed by atoms with van der Waals surface area (Å²) in [5.74, 6) is -0.299. The van der Waals surface area contributed by atoms with Crippen molar-refractivity contribution in [1.82, 2.24) is 14.5 Å². The van der Waals surface area contributed by atoms with Gasteiger partial charge in [0, 0.05) is 65.5 Å². The number of Topliss-reactive ketones (excluding diaryl/α,β-unsaturated/α-hetero) is 1. The molecule has 186 valence electrons. The van der Waals surface area contributed by atoms with Crippen molar-refractivity contribution in [2.24, 2.45) is 0 Å². The van der Waals surface area contributed by atoms with Crippen LogP contribution in [0.25, 0.3) is 10.9 Å². The molecule has 0 saturated carbocycles. The Bertz CT molecular complexity index is 1380. The number of aliphatic hydroxyl groups is 1. The molecule has 1 aliphatic rings. The lowest BCUT2D eigenvalue weighted by molar-refractivity contribution is 0.0383. The van der Waals surface area contributed by atoms with Crippen LogP contribution in [0.2, 0.25) is 5.02 Å². The second kappa shape index (κ2) is 10.1. The summed E-state index contributed by atoms with van der Waals surface area (Å²) in [7, 11) is 0. The highest BCUT2D eigenvalue weighted by atomic mass is 35.5. The Hall–Kier alpha value is -3.06. The van der Waals surface area contributed by atoms with Gasteiger partial charge in [-0.3, -0.25) is 14.7 Å². The van der Waals surface area contributed by atoms with E-state index in [0.717, 1.165) is 48.9 Å². The summed E-state index contributed by atoms with van der Waals surface area (Å²) >= 11 is 6.38. The number of hydrogen-bond acceptors (Lipinski definition) is 4. The van der Waals surface area contributed by atoms with Crippen LogP contribution in [0.3, 0.4) is 0 Å². The summed E-state index contributed by atoms with van der Waals surface area (Å²) in [5.41, 5.74) is 3.84. The molecule has 5 rings (SSSR count). The predicted molar refractivity (Wildman–Crippen MR) is 140 cm³/mol. The molecule has 1 N–H and O–H groups in total. The van der Waals surface area contributed by atoms with Gasteiger partial charge in [0.1, 0.15) is 11.4 Å². The molecular formula is C29H29ClFN3O2. The molecule has 0 saturated heterocycles. The van der Waals surface area contributed by atoms with E-state index in [1.54, 1.807) is 24.5 Å². The Balaban J connectivity index is 1.34. The van der Waals surface area contributed by atoms with Gasteiger partial charge in [-0.2, -0.15) is 0 Å². The van der Waals surface area contributed by atoms with E-state index in [1.165, 1.54) is 23.4 Å². The molecule has 0 bridgehead atoms. The average Bonchev–Trinajstić information content (AvgIpc) is 3.16. The number of benzene rings is 2. The lowest BCUT2D eigenvalue weighted by Crippen LogP contribution is -2.34. The van der Waals surface area contributed by atoms with Crippen molar-refractivity contribution in [3.05, 3.63) is 100 Å². The minimum absolute atomic E-state index is 0.0365. The zero-order chi connectivity index (χ0) is 25.3. The summed E-state index contributed by atoms with van der Waals surface area (Å²) in [6, 6.07) is 15.4. The molecule has 2 aromatic heterocycles. The third-order valence-electron chi connectivity index (χ3n) is 7.11. The first kappa shape index (κ1) is 24.6. The van der Waals surface area contributed by atoms with Crippen molar-refractivity contribution in [2.45, 2.75) is 44.9 Å². The van der Waals surface area contributed by atoms with Crippen molar-refractivity contribution in [3.63, 3.8) is 0 Å². The minimum atomic E-state index is -1.06. The number of ketones is 1. The van der Waals surface area contributed by atoms with E-state index in [2.05, 4.69) is 14.5 Å². The zero-order valence-electron chi connectivity index (χ0n) is 20.3. The third-order valence-corrected chi connectivity index (χ3v) is 7.34. The molecule has 3 heterocycles. The molecule has 2 aromatic carbocycles. The molecule has 0 fully saturated rings. The van der Waals surface area contributed by atoms with Gasteiger partial charge < -0.3 is 9.67 Å². The van der Waals surface area contributed by atoms with Crippen molar-refractivity contribution >= 4 is 28.3 Å². The summed E-state index contributed by atoms with van der Waals surface area (Å²) < 4.78 is 15.4. The van der Waals surface area contributed by atoms with Crippen molar-refractivity contribution in [2.75, 3.05) is 13.1 Å². The van der Waals surface area contributed by atoms with Gasteiger partial charge in [-0.25, -0.2) is 4.39 Å². The van der Waals surface area contributed by atoms with Gasteiger partial charge in [0.05, 0.1) is 6.54 Å². The van der Waals surface area contributed by atoms with Crippen LogP contribution in [-0.2, 0) is 25.1 Å². The van der Waals surface area contributed by atoms with Crippen LogP contribution in [0.4, 0.5) is 4.39 Å². The van der Waals surface area contributed by atoms with Gasteiger partial charge >= 0.3 is 0 Å². The fourth-order valence-electron chi connectivity index (χ4n) is 5.20. The number of aromatic nitrogens is 2. The highest BCUT2D eigenvalue weighted by molar-refractivity contribution is 6.31. The smallest absolute Gasteiger partial charge is 0.162 e. The van der Waals surface area contributed by atoms with Gasteiger partial charge in [-0.15, -0.1) is 0 Å². The molecule has 7 heteroatoms. The average molecular weight is 506 g/mol. The summed E-state index contributed by atoms with van der Waals surface area (Å²) in [4.78, 5) is 18.9. The van der Waals surface area contributed by atoms with Crippen molar-refractivity contribution < 1.29 is 14.3 Å². The van der Waals surface area contributed by atoms with E-state index in [1.807, 2.05) is 37.3 Å². The first-order chi connectivity index (χ1) is 17.3. The van der Waals surface area contributed by atoms with Gasteiger partial charge in [0.2, 0.25) is 0 Å². The van der Waals surface area contributed by atoms with E-state index in [9.17, 15) is 14.3 Å². The van der Waals surface area contributed by atoms with Crippen LogP contribution in [0.1, 0.15) is 46.9 Å². The maximum absolute atomic E-state index is 13.1. The number of carbonyl (C=O) groups excluding carboxylic acids is 1. The first-order valence-electron chi connectivity index (χ1n) is 12.3. The highest BCUT2D eigenvalue weighted by Crippen LogP contribution is 2.35. The monoisotopic (exact) mass is 505 g/mol. The zero-order valence-corrected chi connectivity index (χ0v) is 21.0. The van der Waals surface area contributed by atoms with Gasteiger partial charge in [0.15, 0.2) is 5.78 Å². The van der Waals surface area contributed by atoms with Crippen LogP contribution >= 0.6 is 11.6 Å². The number of rotatable bonds is 8. The Kier molecular flexibility index (Phi) is 6.93. The van der Waals surface area contributed by atoms with E-state index in [4.69, 9.17) is 11.6 Å². The van der Waals surface area contributed by atoms with Crippen molar-refractivity contribution in [1.29, 1.82) is 0 Å². The minimum Gasteiger partial charge on any atom is -0.384 e. The quantitative estimate of drug-likeness (QED) is 0.309. The number of nitrogens with zero attached hydrogens (tertiary/aromatic N) is 3. The Labute approximate surface area is 215 Å². The summed E-state index contributed by atoms with van der Waals surface area (Å²) in [5, 5.41) is 13.2. The molecule has 1 atom stereocenters. The first-order valence-corrected chi connectivity index (χ1v) is 12.6. The van der Waals surface area contributed by atoms with Gasteiger partial charge in [-0.1, -0.05) is 11.6 Å². The number of pyridine rings is 1. The number of halogens is 2. The largest absolute Gasteiger partial charge is 0.384 e. The van der Waals surface area contributed by atoms with Gasteiger partial charge in [0.25, 0.3) is 0 Å². The maximum atomic E-state index is 13.1. The molecule has 0 amide bonds. The Morgan fingerprint density at radius 2 is 1.89 bits per heavy atom. The van der Waals surface area contributed by atoms with Crippen LogP contribution in [-0.4, -0.2) is 38.4 Å². The van der Waals surface area contributed by atoms with Crippen molar-refractivity contribution in [3.8, 4) is 0 Å². The molecule has 0 radical (unpaired) electrons. The highest BCUT2D eigenvalue weighted by Gasteiger charge is 2.29. The Morgan fingerprint density at radius 3 is 2.64 bits per heavy atom. The van der Waals surface area contributed by atoms with E-state index >= 15 is 0 Å². The maximum Gasteiger partial charge on any atom is 0.162 e. The fourth-order valence-corrected chi connectivity index (χ4v) is 5.38. The standard InChI is InChI=1S/C29H29ClFN3O2/c1-29(36,21-10-13-32-14-11-21)19-34-26-9-6-22(30)17-24(26)25-18-33(16-12-27(25)34)15-2-3-28(35)20-4-7-23(31)8-5-20/h4-11,13-14,17,36H,2-3,12,15-16,18-19H2,1H3. The predicted octanol–water partition coefficient (Wildman–Crippen LogP) is 5.76. The van der Waals surface area contributed by atoms with Crippen LogP contribution in [0.15, 0.2) is 67.0 Å². The SMILES string of the molecule is CC(O)(Cn1c2c(c3cc(Cl)ccc31)CN(CCCC(=O)c1ccc(F)cc1)CC2)c1ccncc1. The lowest BCUT2D eigenvalue weighted by atomic mass is 9.96. The summed E-state index contributed by atoms with van der Waals surface area (Å²) in [6.45, 7) is 4.70.